The van der Waals surface area contributed by atoms with Crippen LogP contribution in [0, 0.1) is 12.7 Å². The van der Waals surface area contributed by atoms with Gasteiger partial charge in [0.15, 0.2) is 5.96 Å². The van der Waals surface area contributed by atoms with E-state index in [9.17, 15) is 4.39 Å². The van der Waals surface area contributed by atoms with Gasteiger partial charge in [0, 0.05) is 33.2 Å². The highest BCUT2D eigenvalue weighted by Crippen LogP contribution is 2.08. The topological polar surface area (TPSA) is 42.9 Å². The molecule has 25 heavy (non-hydrogen) atoms. The van der Waals surface area contributed by atoms with Crippen molar-refractivity contribution in [3.63, 3.8) is 0 Å². The zero-order valence-corrected chi connectivity index (χ0v) is 15.8. The second-order valence-corrected chi connectivity index (χ2v) is 6.79. The van der Waals surface area contributed by atoms with E-state index in [2.05, 4.69) is 32.5 Å². The van der Waals surface area contributed by atoms with E-state index < -0.39 is 0 Å². The molecule has 2 rings (SSSR count). The normalized spacial score (nSPS) is 17.4. The molecule has 1 fully saturated rings. The summed E-state index contributed by atoms with van der Waals surface area (Å²) in [5.74, 6) is 0.628. The third-order valence-electron chi connectivity index (χ3n) is 4.66. The van der Waals surface area contributed by atoms with E-state index in [1.54, 1.807) is 20.0 Å². The van der Waals surface area contributed by atoms with E-state index >= 15 is 0 Å². The highest BCUT2D eigenvalue weighted by molar-refractivity contribution is 5.79. The van der Waals surface area contributed by atoms with E-state index in [-0.39, 0.29) is 5.82 Å². The number of likely N-dealkylation sites (N-methyl/N-ethyl adjacent to an activating group) is 1. The smallest absolute Gasteiger partial charge is 0.191 e. The zero-order chi connectivity index (χ0) is 18.1. The first-order chi connectivity index (χ1) is 12.1. The van der Waals surface area contributed by atoms with Crippen molar-refractivity contribution in [2.24, 2.45) is 4.99 Å². The first kappa shape index (κ1) is 19.7. The van der Waals surface area contributed by atoms with Crippen LogP contribution in [0.5, 0.6) is 0 Å². The number of nitrogens with zero attached hydrogens (tertiary/aromatic N) is 3. The molecule has 2 N–H and O–H groups in total. The molecule has 0 amide bonds. The molecule has 1 aromatic carbocycles. The molecule has 1 aromatic rings. The second kappa shape index (κ2) is 10.4. The minimum Gasteiger partial charge on any atom is -0.356 e. The lowest BCUT2D eigenvalue weighted by molar-refractivity contribution is 0.274. The highest BCUT2D eigenvalue weighted by Gasteiger charge is 2.11. The average Bonchev–Trinajstić information content (AvgIpc) is 2.81. The van der Waals surface area contributed by atoms with Crippen LogP contribution in [0.25, 0.3) is 0 Å². The van der Waals surface area contributed by atoms with Crippen molar-refractivity contribution >= 4 is 5.96 Å². The summed E-state index contributed by atoms with van der Waals surface area (Å²) in [4.78, 5) is 9.20. The number of rotatable bonds is 6. The summed E-state index contributed by atoms with van der Waals surface area (Å²) in [6.07, 6.45) is 2.35. The van der Waals surface area contributed by atoms with Crippen molar-refractivity contribution in [1.82, 2.24) is 20.4 Å². The third-order valence-corrected chi connectivity index (χ3v) is 4.66. The number of halogens is 1. The van der Waals surface area contributed by atoms with Gasteiger partial charge in [-0.2, -0.15) is 0 Å². The maximum Gasteiger partial charge on any atom is 0.191 e. The fourth-order valence-electron chi connectivity index (χ4n) is 3.06. The van der Waals surface area contributed by atoms with Gasteiger partial charge < -0.3 is 20.4 Å². The van der Waals surface area contributed by atoms with Crippen molar-refractivity contribution in [2.45, 2.75) is 26.3 Å². The highest BCUT2D eigenvalue weighted by atomic mass is 19.1. The number of aryl methyl sites for hydroxylation is 1. The van der Waals surface area contributed by atoms with Crippen LogP contribution in [0.2, 0.25) is 0 Å². The molecule has 0 aromatic heterocycles. The molecule has 0 radical (unpaired) electrons. The summed E-state index contributed by atoms with van der Waals surface area (Å²) in [5.41, 5.74) is 1.72. The monoisotopic (exact) mass is 349 g/mol. The predicted molar refractivity (Wildman–Crippen MR) is 103 cm³/mol. The quantitative estimate of drug-likeness (QED) is 0.467. The van der Waals surface area contributed by atoms with Gasteiger partial charge in [0.1, 0.15) is 5.82 Å². The number of benzene rings is 1. The molecular weight excluding hydrogens is 317 g/mol. The maximum absolute atomic E-state index is 13.3. The predicted octanol–water partition coefficient (Wildman–Crippen LogP) is 1.83. The van der Waals surface area contributed by atoms with E-state index in [0.717, 1.165) is 44.1 Å². The summed E-state index contributed by atoms with van der Waals surface area (Å²) < 4.78 is 13.3. The van der Waals surface area contributed by atoms with Gasteiger partial charge in [-0.05, 0) is 63.6 Å². The Kier molecular flexibility index (Phi) is 8.15. The molecule has 0 bridgehead atoms. The van der Waals surface area contributed by atoms with Crippen LogP contribution in [0.4, 0.5) is 4.39 Å². The molecule has 1 aliphatic heterocycles. The second-order valence-electron chi connectivity index (χ2n) is 6.79. The van der Waals surface area contributed by atoms with Crippen LogP contribution >= 0.6 is 0 Å². The lowest BCUT2D eigenvalue weighted by atomic mass is 10.1. The molecule has 0 aliphatic carbocycles. The zero-order valence-electron chi connectivity index (χ0n) is 15.8. The maximum atomic E-state index is 13.3. The van der Waals surface area contributed by atoms with Crippen molar-refractivity contribution in [3.8, 4) is 0 Å². The summed E-state index contributed by atoms with van der Waals surface area (Å²) in [6.45, 7) is 9.16. The van der Waals surface area contributed by atoms with Crippen LogP contribution in [0.3, 0.4) is 0 Å². The van der Waals surface area contributed by atoms with Gasteiger partial charge >= 0.3 is 0 Å². The van der Waals surface area contributed by atoms with Crippen molar-refractivity contribution in [1.29, 1.82) is 0 Å². The fourth-order valence-corrected chi connectivity index (χ4v) is 3.06. The van der Waals surface area contributed by atoms with Crippen LogP contribution in [-0.4, -0.2) is 69.1 Å². The van der Waals surface area contributed by atoms with Crippen LogP contribution in [0.15, 0.2) is 23.2 Å². The summed E-state index contributed by atoms with van der Waals surface area (Å²) in [5, 5.41) is 6.64. The molecule has 5 nitrogen and oxygen atoms in total. The van der Waals surface area contributed by atoms with Gasteiger partial charge in [-0.3, -0.25) is 4.99 Å². The van der Waals surface area contributed by atoms with Gasteiger partial charge in [-0.25, -0.2) is 4.39 Å². The molecule has 140 valence electrons. The summed E-state index contributed by atoms with van der Waals surface area (Å²) >= 11 is 0. The number of guanidine groups is 1. The SMILES string of the molecule is CN=C(NCCCN1CCCN(C)CC1)NCc1ccc(F)c(C)c1. The minimum atomic E-state index is -0.161. The van der Waals surface area contributed by atoms with Crippen molar-refractivity contribution < 1.29 is 4.39 Å². The largest absolute Gasteiger partial charge is 0.356 e. The molecule has 1 saturated heterocycles. The Hall–Kier alpha value is -1.66. The molecule has 0 atom stereocenters. The van der Waals surface area contributed by atoms with Gasteiger partial charge in [-0.1, -0.05) is 12.1 Å². The molecule has 0 unspecified atom stereocenters. The molecular formula is C19H32FN5. The number of hydrogen-bond donors (Lipinski definition) is 2. The Balaban J connectivity index is 1.65. The summed E-state index contributed by atoms with van der Waals surface area (Å²) in [7, 11) is 3.97. The van der Waals surface area contributed by atoms with Crippen molar-refractivity contribution in [2.75, 3.05) is 53.4 Å². The van der Waals surface area contributed by atoms with Gasteiger partial charge in [0.25, 0.3) is 0 Å². The van der Waals surface area contributed by atoms with Crippen LogP contribution in [0.1, 0.15) is 24.0 Å². The Morgan fingerprint density at radius 1 is 1.20 bits per heavy atom. The van der Waals surface area contributed by atoms with E-state index in [1.165, 1.54) is 25.6 Å². The van der Waals surface area contributed by atoms with E-state index in [1.807, 2.05) is 6.07 Å². The molecule has 0 saturated carbocycles. The Bertz CT molecular complexity index is 561. The number of aliphatic imine (C=N–C) groups is 1. The van der Waals surface area contributed by atoms with Gasteiger partial charge in [0.05, 0.1) is 0 Å². The van der Waals surface area contributed by atoms with Gasteiger partial charge in [-0.15, -0.1) is 0 Å². The Morgan fingerprint density at radius 3 is 2.80 bits per heavy atom. The first-order valence-corrected chi connectivity index (χ1v) is 9.19. The fraction of sp³-hybridized carbons (Fsp3) is 0.632. The average molecular weight is 349 g/mol. The van der Waals surface area contributed by atoms with Crippen molar-refractivity contribution in [3.05, 3.63) is 35.1 Å². The van der Waals surface area contributed by atoms with E-state index in [4.69, 9.17) is 0 Å². The molecule has 0 spiro atoms. The van der Waals surface area contributed by atoms with Crippen LogP contribution in [-0.2, 0) is 6.54 Å². The summed E-state index contributed by atoms with van der Waals surface area (Å²) in [6, 6.07) is 5.19. The number of hydrogen-bond acceptors (Lipinski definition) is 3. The van der Waals surface area contributed by atoms with E-state index in [0.29, 0.717) is 12.1 Å². The Labute approximate surface area is 151 Å². The first-order valence-electron chi connectivity index (χ1n) is 9.19. The molecule has 6 heteroatoms. The molecule has 1 heterocycles. The third kappa shape index (κ3) is 7.00. The van der Waals surface area contributed by atoms with Crippen LogP contribution < -0.4 is 10.6 Å². The lowest BCUT2D eigenvalue weighted by Crippen LogP contribution is -2.38. The lowest BCUT2D eigenvalue weighted by Gasteiger charge is -2.20. The standard InChI is InChI=1S/C19H32FN5/c1-16-14-17(6-7-18(16)20)15-23-19(21-2)22-8-4-10-25-11-5-9-24(3)12-13-25/h6-7,14H,4-5,8-13,15H2,1-3H3,(H2,21,22,23). The molecule has 1 aliphatic rings. The number of nitrogens with one attached hydrogen (secondary N) is 2. The van der Waals surface area contributed by atoms with Gasteiger partial charge in [0.2, 0.25) is 0 Å². The Morgan fingerprint density at radius 2 is 2.04 bits per heavy atom. The minimum absolute atomic E-state index is 0.161.